The van der Waals surface area contributed by atoms with Crippen molar-refractivity contribution in [1.29, 1.82) is 0 Å². The lowest BCUT2D eigenvalue weighted by molar-refractivity contribution is -0.0662. The molecule has 1 heterocycles. The molecule has 1 aliphatic heterocycles. The molecular formula is C13H26N2O2. The molecule has 2 fully saturated rings. The minimum absolute atomic E-state index is 0.0497. The van der Waals surface area contributed by atoms with Gasteiger partial charge in [0.1, 0.15) is 0 Å². The van der Waals surface area contributed by atoms with Gasteiger partial charge in [-0.25, -0.2) is 0 Å². The van der Waals surface area contributed by atoms with Crippen LogP contribution in [0.2, 0.25) is 0 Å². The van der Waals surface area contributed by atoms with Crippen LogP contribution in [-0.4, -0.2) is 60.5 Å². The molecular weight excluding hydrogens is 216 g/mol. The van der Waals surface area contributed by atoms with Crippen LogP contribution in [0.15, 0.2) is 0 Å². The van der Waals surface area contributed by atoms with E-state index in [1.807, 2.05) is 7.05 Å². The van der Waals surface area contributed by atoms with E-state index >= 15 is 0 Å². The van der Waals surface area contributed by atoms with Crippen LogP contribution >= 0.6 is 0 Å². The van der Waals surface area contributed by atoms with E-state index in [1.54, 1.807) is 0 Å². The van der Waals surface area contributed by atoms with Crippen molar-refractivity contribution in [3.63, 3.8) is 0 Å². The highest BCUT2D eigenvalue weighted by molar-refractivity contribution is 5.00. The van der Waals surface area contributed by atoms with E-state index in [4.69, 9.17) is 4.74 Å². The highest BCUT2D eigenvalue weighted by Gasteiger charge is 2.42. The standard InChI is InChI=1S/C13H26N2O2/c1-10-8-17-11(2)7-15(10)12-4-5-13(6-12,9-16)14-3/h10-12,14,16H,4-9H2,1-3H3. The second kappa shape index (κ2) is 5.22. The lowest BCUT2D eigenvalue weighted by atomic mass is 9.98. The van der Waals surface area contributed by atoms with Crippen molar-refractivity contribution in [3.05, 3.63) is 0 Å². The molecule has 2 aliphatic rings. The molecule has 0 aromatic rings. The Labute approximate surface area is 104 Å². The molecule has 2 N–H and O–H groups in total. The van der Waals surface area contributed by atoms with Crippen LogP contribution in [0.25, 0.3) is 0 Å². The molecule has 4 heteroatoms. The van der Waals surface area contributed by atoms with Gasteiger partial charge in [-0.05, 0) is 40.2 Å². The number of morpholine rings is 1. The highest BCUT2D eigenvalue weighted by Crippen LogP contribution is 2.34. The Morgan fingerprint density at radius 3 is 2.82 bits per heavy atom. The zero-order valence-electron chi connectivity index (χ0n) is 11.3. The zero-order chi connectivity index (χ0) is 12.5. The van der Waals surface area contributed by atoms with E-state index in [-0.39, 0.29) is 12.1 Å². The van der Waals surface area contributed by atoms with Gasteiger partial charge < -0.3 is 15.2 Å². The highest BCUT2D eigenvalue weighted by atomic mass is 16.5. The lowest BCUT2D eigenvalue weighted by Gasteiger charge is -2.41. The number of ether oxygens (including phenoxy) is 1. The first-order chi connectivity index (χ1) is 8.10. The third-order valence-electron chi connectivity index (χ3n) is 4.54. The van der Waals surface area contributed by atoms with Gasteiger partial charge in [0.25, 0.3) is 0 Å². The number of aliphatic hydroxyl groups excluding tert-OH is 1. The number of aliphatic hydroxyl groups is 1. The summed E-state index contributed by atoms with van der Waals surface area (Å²) in [5.74, 6) is 0. The van der Waals surface area contributed by atoms with E-state index in [0.29, 0.717) is 18.2 Å². The average molecular weight is 242 g/mol. The summed E-state index contributed by atoms with van der Waals surface area (Å²) in [4.78, 5) is 2.57. The Bertz CT molecular complexity index is 256. The summed E-state index contributed by atoms with van der Waals surface area (Å²) in [6.07, 6.45) is 3.64. The maximum atomic E-state index is 9.54. The molecule has 4 unspecified atom stereocenters. The van der Waals surface area contributed by atoms with Crippen molar-refractivity contribution < 1.29 is 9.84 Å². The fourth-order valence-electron chi connectivity index (χ4n) is 3.27. The van der Waals surface area contributed by atoms with Crippen molar-refractivity contribution >= 4 is 0 Å². The first-order valence-corrected chi connectivity index (χ1v) is 6.77. The van der Waals surface area contributed by atoms with E-state index in [0.717, 1.165) is 26.0 Å². The molecule has 0 bridgehead atoms. The molecule has 1 saturated carbocycles. The summed E-state index contributed by atoms with van der Waals surface area (Å²) >= 11 is 0. The molecule has 4 atom stereocenters. The van der Waals surface area contributed by atoms with E-state index in [1.165, 1.54) is 6.42 Å². The number of likely N-dealkylation sites (N-methyl/N-ethyl adjacent to an activating group) is 1. The Morgan fingerprint density at radius 1 is 1.47 bits per heavy atom. The number of hydrogen-bond acceptors (Lipinski definition) is 4. The Hall–Kier alpha value is -0.160. The number of nitrogens with one attached hydrogen (secondary N) is 1. The van der Waals surface area contributed by atoms with Crippen LogP contribution < -0.4 is 5.32 Å². The summed E-state index contributed by atoms with van der Waals surface area (Å²) in [6.45, 7) is 6.49. The average Bonchev–Trinajstić information content (AvgIpc) is 2.77. The van der Waals surface area contributed by atoms with Crippen LogP contribution in [0.5, 0.6) is 0 Å². The molecule has 0 spiro atoms. The van der Waals surface area contributed by atoms with Crippen LogP contribution in [0.3, 0.4) is 0 Å². The zero-order valence-corrected chi connectivity index (χ0v) is 11.3. The summed E-state index contributed by atoms with van der Waals surface area (Å²) in [7, 11) is 1.96. The molecule has 2 rings (SSSR count). The lowest BCUT2D eigenvalue weighted by Crippen LogP contribution is -2.53. The van der Waals surface area contributed by atoms with Gasteiger partial charge in [0.2, 0.25) is 0 Å². The van der Waals surface area contributed by atoms with Crippen molar-refractivity contribution in [1.82, 2.24) is 10.2 Å². The van der Waals surface area contributed by atoms with Gasteiger partial charge in [-0.3, -0.25) is 4.90 Å². The first-order valence-electron chi connectivity index (χ1n) is 6.77. The van der Waals surface area contributed by atoms with Gasteiger partial charge >= 0.3 is 0 Å². The topological polar surface area (TPSA) is 44.7 Å². The summed E-state index contributed by atoms with van der Waals surface area (Å²) in [5.41, 5.74) is -0.0497. The van der Waals surface area contributed by atoms with E-state index in [9.17, 15) is 5.11 Å². The Balaban J connectivity index is 1.99. The predicted octanol–water partition coefficient (Wildman–Crippen LogP) is 0.599. The fourth-order valence-corrected chi connectivity index (χ4v) is 3.27. The monoisotopic (exact) mass is 242 g/mol. The molecule has 4 nitrogen and oxygen atoms in total. The number of hydrogen-bond donors (Lipinski definition) is 2. The molecule has 17 heavy (non-hydrogen) atoms. The maximum Gasteiger partial charge on any atom is 0.0674 e. The van der Waals surface area contributed by atoms with E-state index in [2.05, 4.69) is 24.1 Å². The van der Waals surface area contributed by atoms with Gasteiger partial charge in [0.15, 0.2) is 0 Å². The predicted molar refractivity (Wildman–Crippen MR) is 68.1 cm³/mol. The minimum Gasteiger partial charge on any atom is -0.394 e. The van der Waals surface area contributed by atoms with Gasteiger partial charge in [0.05, 0.1) is 19.3 Å². The molecule has 0 amide bonds. The van der Waals surface area contributed by atoms with Gasteiger partial charge in [-0.15, -0.1) is 0 Å². The molecule has 0 radical (unpaired) electrons. The second-order valence-corrected chi connectivity index (χ2v) is 5.77. The van der Waals surface area contributed by atoms with Crippen molar-refractivity contribution in [3.8, 4) is 0 Å². The Kier molecular flexibility index (Phi) is 4.08. The van der Waals surface area contributed by atoms with E-state index < -0.39 is 0 Å². The molecule has 1 aliphatic carbocycles. The summed E-state index contributed by atoms with van der Waals surface area (Å²) in [6, 6.07) is 1.10. The van der Waals surface area contributed by atoms with Crippen LogP contribution in [0, 0.1) is 0 Å². The summed E-state index contributed by atoms with van der Waals surface area (Å²) in [5, 5.41) is 12.9. The second-order valence-electron chi connectivity index (χ2n) is 5.77. The number of rotatable bonds is 3. The molecule has 0 aromatic heterocycles. The van der Waals surface area contributed by atoms with Gasteiger partial charge in [-0.1, -0.05) is 0 Å². The smallest absolute Gasteiger partial charge is 0.0674 e. The third kappa shape index (κ3) is 2.65. The molecule has 100 valence electrons. The SMILES string of the molecule is CNC1(CO)CCC(N2CC(C)OCC2C)C1. The van der Waals surface area contributed by atoms with Gasteiger partial charge in [0, 0.05) is 24.2 Å². The van der Waals surface area contributed by atoms with Crippen LogP contribution in [0.1, 0.15) is 33.1 Å². The van der Waals surface area contributed by atoms with Crippen LogP contribution in [0.4, 0.5) is 0 Å². The summed E-state index contributed by atoms with van der Waals surface area (Å²) < 4.78 is 5.68. The van der Waals surface area contributed by atoms with Crippen molar-refractivity contribution in [2.45, 2.75) is 56.8 Å². The minimum atomic E-state index is -0.0497. The van der Waals surface area contributed by atoms with Crippen molar-refractivity contribution in [2.24, 2.45) is 0 Å². The van der Waals surface area contributed by atoms with Crippen LogP contribution in [-0.2, 0) is 4.74 Å². The largest absolute Gasteiger partial charge is 0.394 e. The number of nitrogens with zero attached hydrogens (tertiary/aromatic N) is 1. The van der Waals surface area contributed by atoms with Crippen molar-refractivity contribution in [2.75, 3.05) is 26.8 Å². The first kappa shape index (κ1) is 13.3. The normalized spacial score (nSPS) is 44.1. The quantitative estimate of drug-likeness (QED) is 0.761. The third-order valence-corrected chi connectivity index (χ3v) is 4.54. The Morgan fingerprint density at radius 2 is 2.24 bits per heavy atom. The fraction of sp³-hybridized carbons (Fsp3) is 1.00. The van der Waals surface area contributed by atoms with Gasteiger partial charge in [-0.2, -0.15) is 0 Å². The molecule has 1 saturated heterocycles. The molecule has 0 aromatic carbocycles. The maximum absolute atomic E-state index is 9.54.